The second-order valence-electron chi connectivity index (χ2n) is 9.63. The quantitative estimate of drug-likeness (QED) is 0.158. The number of aromatic nitrogens is 4. The van der Waals surface area contributed by atoms with Crippen molar-refractivity contribution in [3.05, 3.63) is 90.3 Å². The third-order valence-corrected chi connectivity index (χ3v) is 6.50. The summed E-state index contributed by atoms with van der Waals surface area (Å²) in [4.78, 5) is 33.2. The minimum absolute atomic E-state index is 0.105. The summed E-state index contributed by atoms with van der Waals surface area (Å²) in [5, 5.41) is 17.2. The Hall–Kier alpha value is -5.45. The van der Waals surface area contributed by atoms with E-state index in [1.54, 1.807) is 22.9 Å². The highest BCUT2D eigenvalue weighted by Crippen LogP contribution is 2.34. The number of nitrogens with one attached hydrogen (secondary N) is 4. The minimum Gasteiger partial charge on any atom is -0.438 e. The van der Waals surface area contributed by atoms with Crippen molar-refractivity contribution in [1.82, 2.24) is 25.1 Å². The lowest BCUT2D eigenvalue weighted by atomic mass is 10.1. The van der Waals surface area contributed by atoms with Gasteiger partial charge in [-0.3, -0.25) is 10.6 Å². The Morgan fingerprint density at radius 1 is 0.905 bits per heavy atom. The van der Waals surface area contributed by atoms with Crippen molar-refractivity contribution < 1.29 is 14.3 Å². The maximum Gasteiger partial charge on any atom is 0.324 e. The average Bonchev–Trinajstić information content (AvgIpc) is 3.40. The van der Waals surface area contributed by atoms with Gasteiger partial charge in [0.2, 0.25) is 11.8 Å². The van der Waals surface area contributed by atoms with Crippen molar-refractivity contribution in [2.75, 3.05) is 23.0 Å². The van der Waals surface area contributed by atoms with Gasteiger partial charge in [0.1, 0.15) is 11.6 Å². The number of hydrogen-bond acceptors (Lipinski definition) is 6. The first-order chi connectivity index (χ1) is 20.4. The molecule has 11 heteroatoms. The van der Waals surface area contributed by atoms with Crippen LogP contribution in [0.3, 0.4) is 0 Å². The number of hydrogen-bond donors (Lipinski definition) is 4. The van der Waals surface area contributed by atoms with E-state index in [0.717, 1.165) is 47.0 Å². The van der Waals surface area contributed by atoms with Crippen LogP contribution in [-0.2, 0) is 6.42 Å². The van der Waals surface area contributed by atoms with E-state index in [1.165, 1.54) is 13.2 Å². The average molecular weight is 565 g/mol. The lowest BCUT2D eigenvalue weighted by Gasteiger charge is -2.14. The Morgan fingerprint density at radius 3 is 2.45 bits per heavy atom. The predicted molar refractivity (Wildman–Crippen MR) is 164 cm³/mol. The summed E-state index contributed by atoms with van der Waals surface area (Å²) in [5.74, 6) is 1.47. The van der Waals surface area contributed by atoms with E-state index >= 15 is 0 Å². The van der Waals surface area contributed by atoms with Gasteiger partial charge in [0.15, 0.2) is 0 Å². The topological polar surface area (TPSA) is 135 Å². The molecule has 4 N–H and O–H groups in total. The molecule has 0 bridgehead atoms. The number of unbranched alkanes of at least 4 members (excludes halogenated alkanes) is 1. The molecule has 42 heavy (non-hydrogen) atoms. The van der Waals surface area contributed by atoms with Crippen molar-refractivity contribution in [3.8, 4) is 17.3 Å². The molecule has 3 aromatic carbocycles. The van der Waals surface area contributed by atoms with E-state index in [0.29, 0.717) is 17.3 Å². The monoisotopic (exact) mass is 564 g/mol. The highest BCUT2D eigenvalue weighted by atomic mass is 16.5. The van der Waals surface area contributed by atoms with Crippen LogP contribution in [0.5, 0.6) is 11.6 Å². The van der Waals surface area contributed by atoms with Crippen LogP contribution in [0.4, 0.5) is 27.0 Å². The molecule has 214 valence electrons. The molecule has 0 unspecified atom stereocenters. The van der Waals surface area contributed by atoms with E-state index in [2.05, 4.69) is 38.2 Å². The molecule has 0 spiro atoms. The molecule has 0 fully saturated rings. The Morgan fingerprint density at radius 2 is 1.69 bits per heavy atom. The van der Waals surface area contributed by atoms with E-state index in [-0.39, 0.29) is 11.8 Å². The van der Waals surface area contributed by atoms with Gasteiger partial charge >= 0.3 is 12.1 Å². The summed E-state index contributed by atoms with van der Waals surface area (Å²) in [6, 6.07) is 21.8. The fourth-order valence-corrected chi connectivity index (χ4v) is 4.36. The molecule has 5 aromatic rings. The number of carbonyl (C=O) groups is 2. The minimum atomic E-state index is -0.439. The Kier molecular flexibility index (Phi) is 8.57. The van der Waals surface area contributed by atoms with Gasteiger partial charge in [-0.25, -0.2) is 19.3 Å². The Labute approximate surface area is 243 Å². The summed E-state index contributed by atoms with van der Waals surface area (Å²) in [6.45, 7) is 4.17. The lowest BCUT2D eigenvalue weighted by Crippen LogP contribution is -2.25. The van der Waals surface area contributed by atoms with Crippen LogP contribution in [0, 0.1) is 6.92 Å². The number of rotatable bonds is 9. The molecule has 0 radical (unpaired) electrons. The molecule has 11 nitrogen and oxygen atoms in total. The summed E-state index contributed by atoms with van der Waals surface area (Å²) in [5.41, 5.74) is 3.53. The molecule has 0 aliphatic heterocycles. The molecule has 0 aliphatic rings. The zero-order chi connectivity index (χ0) is 29.5. The Balaban J connectivity index is 1.37. The van der Waals surface area contributed by atoms with E-state index in [1.807, 2.05) is 61.5 Å². The van der Waals surface area contributed by atoms with Gasteiger partial charge in [-0.15, -0.1) is 0 Å². The third-order valence-electron chi connectivity index (χ3n) is 6.50. The zero-order valence-electron chi connectivity index (χ0n) is 23.6. The van der Waals surface area contributed by atoms with E-state index < -0.39 is 12.1 Å². The fraction of sp³-hybridized carbons (Fsp3) is 0.194. The number of benzene rings is 3. The van der Waals surface area contributed by atoms with Gasteiger partial charge in [0.05, 0.1) is 17.1 Å². The molecule has 2 heterocycles. The van der Waals surface area contributed by atoms with Crippen LogP contribution in [0.25, 0.3) is 16.5 Å². The summed E-state index contributed by atoms with van der Waals surface area (Å²) in [6.07, 6.45) is 4.38. The molecule has 0 aliphatic carbocycles. The lowest BCUT2D eigenvalue weighted by molar-refractivity contribution is 0.253. The first kappa shape index (κ1) is 28.1. The van der Waals surface area contributed by atoms with Gasteiger partial charge in [-0.2, -0.15) is 10.1 Å². The van der Waals surface area contributed by atoms with E-state index in [9.17, 15) is 9.59 Å². The van der Waals surface area contributed by atoms with Gasteiger partial charge in [0, 0.05) is 36.1 Å². The van der Waals surface area contributed by atoms with Crippen LogP contribution < -0.4 is 26.0 Å². The number of aryl methyl sites for hydroxylation is 2. The van der Waals surface area contributed by atoms with Gasteiger partial charge in [-0.1, -0.05) is 55.3 Å². The smallest absolute Gasteiger partial charge is 0.324 e. The second kappa shape index (κ2) is 12.8. The first-order valence-electron chi connectivity index (χ1n) is 13.7. The molecule has 5 rings (SSSR count). The second-order valence-corrected chi connectivity index (χ2v) is 9.63. The number of ether oxygens (including phenoxy) is 1. The van der Waals surface area contributed by atoms with Crippen molar-refractivity contribution in [2.45, 2.75) is 33.1 Å². The number of urea groups is 2. The molecule has 0 saturated carbocycles. The van der Waals surface area contributed by atoms with Crippen LogP contribution in [0.15, 0.2) is 79.0 Å². The van der Waals surface area contributed by atoms with Crippen molar-refractivity contribution >= 4 is 40.3 Å². The molecule has 0 atom stereocenters. The SMILES string of the molecule is CCCCc1cc(NC(=O)Nc2ccc(Oc3ccnc(NC(=O)NC)n3)c3ccccc23)n(-c2ccc(C)cc2)n1. The summed E-state index contributed by atoms with van der Waals surface area (Å²) in [7, 11) is 1.50. The normalized spacial score (nSPS) is 10.7. The molecule has 4 amide bonds. The van der Waals surface area contributed by atoms with Crippen LogP contribution >= 0.6 is 0 Å². The van der Waals surface area contributed by atoms with Crippen molar-refractivity contribution in [2.24, 2.45) is 0 Å². The molecule has 0 saturated heterocycles. The zero-order valence-corrected chi connectivity index (χ0v) is 23.6. The maximum absolute atomic E-state index is 13.3. The number of nitrogens with zero attached hydrogens (tertiary/aromatic N) is 4. The van der Waals surface area contributed by atoms with Gasteiger partial charge in [-0.05, 0) is 44.0 Å². The maximum atomic E-state index is 13.3. The fourth-order valence-electron chi connectivity index (χ4n) is 4.36. The van der Waals surface area contributed by atoms with E-state index in [4.69, 9.17) is 9.84 Å². The highest BCUT2D eigenvalue weighted by molar-refractivity contribution is 6.07. The van der Waals surface area contributed by atoms with Crippen LogP contribution in [0.2, 0.25) is 0 Å². The first-order valence-corrected chi connectivity index (χ1v) is 13.7. The number of fused-ring (bicyclic) bond motifs is 1. The third kappa shape index (κ3) is 6.64. The van der Waals surface area contributed by atoms with Gasteiger partial charge in [0.25, 0.3) is 0 Å². The highest BCUT2D eigenvalue weighted by Gasteiger charge is 2.15. The molecular formula is C31H32N8O3. The van der Waals surface area contributed by atoms with Crippen LogP contribution in [0.1, 0.15) is 31.0 Å². The standard InChI is InChI=1S/C31H32N8O3/c1-4-5-8-21-19-27(39(38-21)22-13-11-20(2)12-14-22)35-31(41)34-25-15-16-26(24-10-7-6-9-23(24)25)42-28-17-18-33-29(36-28)37-30(40)32-3/h6-7,9-19H,4-5,8H2,1-3H3,(H2,34,35,41)(H2,32,33,36,37,40). The molecular weight excluding hydrogens is 532 g/mol. The van der Waals surface area contributed by atoms with Crippen LogP contribution in [-0.4, -0.2) is 38.9 Å². The summed E-state index contributed by atoms with van der Waals surface area (Å²) >= 11 is 0. The predicted octanol–water partition coefficient (Wildman–Crippen LogP) is 6.65. The number of amides is 4. The van der Waals surface area contributed by atoms with Crippen molar-refractivity contribution in [1.29, 1.82) is 0 Å². The number of anilines is 3. The molecule has 2 aromatic heterocycles. The summed E-state index contributed by atoms with van der Waals surface area (Å²) < 4.78 is 7.81. The van der Waals surface area contributed by atoms with Crippen molar-refractivity contribution in [3.63, 3.8) is 0 Å². The van der Waals surface area contributed by atoms with Gasteiger partial charge < -0.3 is 15.4 Å². The Bertz CT molecular complexity index is 1720. The largest absolute Gasteiger partial charge is 0.438 e. The number of carbonyl (C=O) groups excluding carboxylic acids is 2.